The van der Waals surface area contributed by atoms with E-state index in [1.807, 2.05) is 0 Å². The molecule has 3 aromatic rings. The predicted octanol–water partition coefficient (Wildman–Crippen LogP) is 3.48. The van der Waals surface area contributed by atoms with Crippen molar-refractivity contribution in [2.45, 2.75) is 20.4 Å². The number of aromatic nitrogens is 1. The second-order valence-electron chi connectivity index (χ2n) is 6.08. The highest BCUT2D eigenvalue weighted by atomic mass is 16.5. The maximum Gasteiger partial charge on any atom is 0.289 e. The quantitative estimate of drug-likeness (QED) is 0.688. The Kier molecular flexibility index (Phi) is 3.49. The van der Waals surface area contributed by atoms with Crippen LogP contribution < -0.4 is 4.74 Å². The van der Waals surface area contributed by atoms with Crippen molar-refractivity contribution in [3.8, 4) is 5.88 Å². The number of carbonyl (C=O) groups is 1. The van der Waals surface area contributed by atoms with E-state index in [1.165, 1.54) is 11.8 Å². The Balaban J connectivity index is 1.74. The highest BCUT2D eigenvalue weighted by Gasteiger charge is 2.24. The molecule has 5 heteroatoms. The molecule has 0 unspecified atom stereocenters. The van der Waals surface area contributed by atoms with E-state index in [0.29, 0.717) is 31.3 Å². The van der Waals surface area contributed by atoms with Gasteiger partial charge >= 0.3 is 0 Å². The van der Waals surface area contributed by atoms with Crippen LogP contribution in [0.3, 0.4) is 0 Å². The second kappa shape index (κ2) is 5.67. The summed E-state index contributed by atoms with van der Waals surface area (Å²) >= 11 is 0. The number of hydrogen-bond acceptors (Lipinski definition) is 4. The van der Waals surface area contributed by atoms with Gasteiger partial charge in [-0.05, 0) is 43.2 Å². The van der Waals surface area contributed by atoms with E-state index in [1.54, 1.807) is 17.0 Å². The van der Waals surface area contributed by atoms with Crippen LogP contribution in [0.5, 0.6) is 5.88 Å². The average Bonchev–Trinajstić information content (AvgIpc) is 3.04. The van der Waals surface area contributed by atoms with Gasteiger partial charge in [0.05, 0.1) is 24.9 Å². The summed E-state index contributed by atoms with van der Waals surface area (Å²) in [7, 11) is 0. The Morgan fingerprint density at radius 3 is 2.92 bits per heavy atom. The molecule has 5 nitrogen and oxygen atoms in total. The summed E-state index contributed by atoms with van der Waals surface area (Å²) < 4.78 is 11.0. The monoisotopic (exact) mass is 322 g/mol. The fourth-order valence-corrected chi connectivity index (χ4v) is 3.01. The lowest BCUT2D eigenvalue weighted by Gasteiger charge is -2.18. The first kappa shape index (κ1) is 14.8. The Morgan fingerprint density at radius 1 is 1.25 bits per heavy atom. The van der Waals surface area contributed by atoms with Crippen molar-refractivity contribution in [1.29, 1.82) is 0 Å². The Bertz CT molecular complexity index is 916. The summed E-state index contributed by atoms with van der Waals surface area (Å²) in [4.78, 5) is 19.0. The molecule has 1 aliphatic rings. The molecule has 0 N–H and O–H groups in total. The van der Waals surface area contributed by atoms with Gasteiger partial charge in [-0.25, -0.2) is 4.98 Å². The number of carbonyl (C=O) groups excluding carboxylic acids is 1. The van der Waals surface area contributed by atoms with Crippen molar-refractivity contribution in [3.05, 3.63) is 59.0 Å². The number of pyridine rings is 1. The van der Waals surface area contributed by atoms with Crippen LogP contribution >= 0.6 is 0 Å². The van der Waals surface area contributed by atoms with Crippen LogP contribution in [0.25, 0.3) is 10.9 Å². The van der Waals surface area contributed by atoms with Crippen molar-refractivity contribution < 1.29 is 13.9 Å². The zero-order valence-corrected chi connectivity index (χ0v) is 13.7. The van der Waals surface area contributed by atoms with Crippen LogP contribution in [-0.4, -0.2) is 28.9 Å². The van der Waals surface area contributed by atoms with Crippen LogP contribution in [0.2, 0.25) is 0 Å². The van der Waals surface area contributed by atoms with Crippen LogP contribution in [-0.2, 0) is 6.54 Å². The van der Waals surface area contributed by atoms with Crippen molar-refractivity contribution in [1.82, 2.24) is 9.88 Å². The summed E-state index contributed by atoms with van der Waals surface area (Å²) in [6.07, 6.45) is 1.51. The van der Waals surface area contributed by atoms with Crippen molar-refractivity contribution >= 4 is 16.8 Å². The predicted molar refractivity (Wildman–Crippen MR) is 90.2 cm³/mol. The lowest BCUT2D eigenvalue weighted by atomic mass is 10.0. The molecule has 24 heavy (non-hydrogen) atoms. The number of furan rings is 1. The van der Waals surface area contributed by atoms with Gasteiger partial charge in [0.1, 0.15) is 6.61 Å². The summed E-state index contributed by atoms with van der Waals surface area (Å²) in [6, 6.07) is 9.62. The standard InChI is InChI=1S/C19H18N2O3/c1-12-5-6-14-10-15-11-21(19(22)16-4-3-8-23-16)7-9-24-18(15)20-17(14)13(12)2/h3-6,8,10H,7,9,11H2,1-2H3. The molecule has 0 fully saturated rings. The largest absolute Gasteiger partial charge is 0.476 e. The van der Waals surface area contributed by atoms with Crippen LogP contribution in [0, 0.1) is 13.8 Å². The van der Waals surface area contributed by atoms with Crippen LogP contribution in [0.1, 0.15) is 27.2 Å². The summed E-state index contributed by atoms with van der Waals surface area (Å²) in [5.74, 6) is 0.834. The van der Waals surface area contributed by atoms with Crippen LogP contribution in [0.15, 0.2) is 41.0 Å². The number of ether oxygens (including phenoxy) is 1. The SMILES string of the molecule is Cc1ccc2cc3c(nc2c1C)OCCN(C(=O)c1ccco1)C3. The molecule has 1 amide bonds. The molecule has 0 saturated carbocycles. The number of rotatable bonds is 1. The number of nitrogens with zero attached hydrogens (tertiary/aromatic N) is 2. The van der Waals surface area contributed by atoms with E-state index in [4.69, 9.17) is 14.1 Å². The number of aryl methyl sites for hydroxylation is 2. The van der Waals surface area contributed by atoms with Crippen LogP contribution in [0.4, 0.5) is 0 Å². The molecule has 0 aliphatic carbocycles. The molecule has 3 heterocycles. The van der Waals surface area contributed by atoms with Crippen molar-refractivity contribution in [2.75, 3.05) is 13.2 Å². The van der Waals surface area contributed by atoms with Gasteiger partial charge < -0.3 is 14.1 Å². The highest BCUT2D eigenvalue weighted by molar-refractivity contribution is 5.91. The summed E-state index contributed by atoms with van der Waals surface area (Å²) in [5.41, 5.74) is 4.24. The smallest absolute Gasteiger partial charge is 0.289 e. The van der Waals surface area contributed by atoms with E-state index in [9.17, 15) is 4.79 Å². The van der Waals surface area contributed by atoms with Gasteiger partial charge in [0, 0.05) is 10.9 Å². The highest BCUT2D eigenvalue weighted by Crippen LogP contribution is 2.29. The van der Waals surface area contributed by atoms with Gasteiger partial charge in [-0.3, -0.25) is 4.79 Å². The van der Waals surface area contributed by atoms with Crippen molar-refractivity contribution in [3.63, 3.8) is 0 Å². The van der Waals surface area contributed by atoms with Gasteiger partial charge in [0.25, 0.3) is 5.91 Å². The molecule has 0 saturated heterocycles. The molecule has 1 aromatic carbocycles. The molecule has 0 atom stereocenters. The minimum Gasteiger partial charge on any atom is -0.476 e. The molecular weight excluding hydrogens is 304 g/mol. The van der Waals surface area contributed by atoms with E-state index in [-0.39, 0.29) is 5.91 Å². The van der Waals surface area contributed by atoms with Gasteiger partial charge in [-0.2, -0.15) is 0 Å². The molecule has 0 bridgehead atoms. The number of benzene rings is 1. The summed E-state index contributed by atoms with van der Waals surface area (Å²) in [6.45, 7) is 5.53. The van der Waals surface area contributed by atoms with Crippen molar-refractivity contribution in [2.24, 2.45) is 0 Å². The third-order valence-electron chi connectivity index (χ3n) is 4.53. The molecule has 122 valence electrons. The Hall–Kier alpha value is -2.82. The third kappa shape index (κ3) is 2.42. The minimum absolute atomic E-state index is 0.128. The topological polar surface area (TPSA) is 55.6 Å². The molecule has 1 aliphatic heterocycles. The Labute approximate surface area is 139 Å². The number of fused-ring (bicyclic) bond motifs is 2. The fourth-order valence-electron chi connectivity index (χ4n) is 3.01. The molecule has 0 radical (unpaired) electrons. The maximum atomic E-state index is 12.5. The third-order valence-corrected chi connectivity index (χ3v) is 4.53. The van der Waals surface area contributed by atoms with E-state index in [0.717, 1.165) is 22.0 Å². The first-order valence-electron chi connectivity index (χ1n) is 7.99. The lowest BCUT2D eigenvalue weighted by Crippen LogP contribution is -2.32. The first-order chi connectivity index (χ1) is 11.6. The zero-order chi connectivity index (χ0) is 16.7. The zero-order valence-electron chi connectivity index (χ0n) is 13.7. The molecule has 0 spiro atoms. The lowest BCUT2D eigenvalue weighted by molar-refractivity contribution is 0.0701. The fraction of sp³-hybridized carbons (Fsp3) is 0.263. The Morgan fingerprint density at radius 2 is 2.12 bits per heavy atom. The van der Waals surface area contributed by atoms with E-state index in [2.05, 4.69) is 32.0 Å². The molecular formula is C19H18N2O3. The number of hydrogen-bond donors (Lipinski definition) is 0. The second-order valence-corrected chi connectivity index (χ2v) is 6.08. The van der Waals surface area contributed by atoms with Gasteiger partial charge in [0.2, 0.25) is 5.88 Å². The maximum absolute atomic E-state index is 12.5. The van der Waals surface area contributed by atoms with E-state index >= 15 is 0 Å². The molecule has 4 rings (SSSR count). The first-order valence-corrected chi connectivity index (χ1v) is 7.99. The van der Waals surface area contributed by atoms with Gasteiger partial charge in [0.15, 0.2) is 5.76 Å². The van der Waals surface area contributed by atoms with E-state index < -0.39 is 0 Å². The summed E-state index contributed by atoms with van der Waals surface area (Å²) in [5, 5.41) is 1.06. The minimum atomic E-state index is -0.128. The van der Waals surface area contributed by atoms with Gasteiger partial charge in [-0.1, -0.05) is 12.1 Å². The average molecular weight is 322 g/mol. The normalized spacial score (nSPS) is 14.2. The van der Waals surface area contributed by atoms with Gasteiger partial charge in [-0.15, -0.1) is 0 Å². The number of amides is 1. The molecule has 2 aromatic heterocycles.